The van der Waals surface area contributed by atoms with E-state index in [0.717, 1.165) is 11.6 Å². The Morgan fingerprint density at radius 1 is 1.24 bits per heavy atom. The van der Waals surface area contributed by atoms with E-state index in [-0.39, 0.29) is 5.56 Å². The van der Waals surface area contributed by atoms with Gasteiger partial charge in [0.2, 0.25) is 0 Å². The zero-order chi connectivity index (χ0) is 20.9. The first-order valence-electron chi connectivity index (χ1n) is 8.92. The molecule has 0 N–H and O–H groups in total. The zero-order valence-corrected chi connectivity index (χ0v) is 16.4. The molecule has 6 nitrogen and oxygen atoms in total. The highest BCUT2D eigenvalue weighted by Gasteiger charge is 2.37. The van der Waals surface area contributed by atoms with E-state index in [1.54, 1.807) is 29.5 Å². The molecule has 1 aliphatic heterocycles. The highest BCUT2D eigenvalue weighted by molar-refractivity contribution is 6.34. The van der Waals surface area contributed by atoms with Crippen molar-refractivity contribution in [2.45, 2.75) is 25.6 Å². The maximum Gasteiger partial charge on any atom is 0.417 e. The van der Waals surface area contributed by atoms with Gasteiger partial charge in [0.15, 0.2) is 5.82 Å². The molecule has 0 aliphatic carbocycles. The SMILES string of the molecule is CC1c2nn(-c3ccn(C)n3)cc2CCN1C(=O)c1cccc(C(F)(F)F)c1Cl. The summed E-state index contributed by atoms with van der Waals surface area (Å²) in [6.45, 7) is 2.15. The van der Waals surface area contributed by atoms with Crippen molar-refractivity contribution in [2.75, 3.05) is 6.54 Å². The van der Waals surface area contributed by atoms with Gasteiger partial charge in [0.25, 0.3) is 5.91 Å². The van der Waals surface area contributed by atoms with Crippen molar-refractivity contribution >= 4 is 17.5 Å². The summed E-state index contributed by atoms with van der Waals surface area (Å²) < 4.78 is 42.7. The van der Waals surface area contributed by atoms with Crippen LogP contribution in [0.2, 0.25) is 5.02 Å². The molecule has 0 saturated heterocycles. The van der Waals surface area contributed by atoms with Crippen molar-refractivity contribution in [2.24, 2.45) is 7.05 Å². The van der Waals surface area contributed by atoms with E-state index in [0.29, 0.717) is 24.5 Å². The van der Waals surface area contributed by atoms with Crippen LogP contribution in [0.1, 0.15) is 40.1 Å². The van der Waals surface area contributed by atoms with Gasteiger partial charge in [-0.2, -0.15) is 23.4 Å². The molecule has 0 fully saturated rings. The summed E-state index contributed by atoms with van der Waals surface area (Å²) in [4.78, 5) is 14.5. The first kappa shape index (κ1) is 19.5. The second-order valence-corrected chi connectivity index (χ2v) is 7.30. The number of rotatable bonds is 2. The topological polar surface area (TPSA) is 56.0 Å². The molecule has 1 aliphatic rings. The Balaban J connectivity index is 1.65. The number of fused-ring (bicyclic) bond motifs is 1. The van der Waals surface area contributed by atoms with Gasteiger partial charge in [-0.15, -0.1) is 0 Å². The van der Waals surface area contributed by atoms with Crippen LogP contribution in [0.15, 0.2) is 36.7 Å². The van der Waals surface area contributed by atoms with Crippen LogP contribution in [0.3, 0.4) is 0 Å². The molecule has 0 saturated carbocycles. The molecule has 2 aromatic heterocycles. The molecule has 1 atom stereocenters. The highest BCUT2D eigenvalue weighted by atomic mass is 35.5. The van der Waals surface area contributed by atoms with E-state index in [1.165, 1.54) is 17.0 Å². The van der Waals surface area contributed by atoms with Gasteiger partial charge >= 0.3 is 6.18 Å². The van der Waals surface area contributed by atoms with E-state index in [1.807, 2.05) is 12.3 Å². The average molecular weight is 424 g/mol. The molecule has 1 unspecified atom stereocenters. The maximum absolute atomic E-state index is 13.1. The van der Waals surface area contributed by atoms with Crippen LogP contribution >= 0.6 is 11.6 Å². The van der Waals surface area contributed by atoms with Gasteiger partial charge < -0.3 is 4.90 Å². The zero-order valence-electron chi connectivity index (χ0n) is 15.6. The van der Waals surface area contributed by atoms with E-state index in [9.17, 15) is 18.0 Å². The molecule has 0 bridgehead atoms. The fourth-order valence-corrected chi connectivity index (χ4v) is 3.85. The number of hydrogen-bond acceptors (Lipinski definition) is 3. The number of alkyl halides is 3. The van der Waals surface area contributed by atoms with Crippen LogP contribution in [0.25, 0.3) is 5.82 Å². The van der Waals surface area contributed by atoms with Gasteiger partial charge in [0.1, 0.15) is 0 Å². The molecular formula is C19H17ClF3N5O. The van der Waals surface area contributed by atoms with E-state index in [4.69, 9.17) is 11.6 Å². The predicted molar refractivity (Wildman–Crippen MR) is 99.9 cm³/mol. The summed E-state index contributed by atoms with van der Waals surface area (Å²) in [6, 6.07) is 4.77. The third-order valence-corrected chi connectivity index (χ3v) is 5.44. The second-order valence-electron chi connectivity index (χ2n) is 6.92. The van der Waals surface area contributed by atoms with Crippen LogP contribution in [0.5, 0.6) is 0 Å². The molecule has 10 heteroatoms. The Kier molecular flexibility index (Phi) is 4.65. The van der Waals surface area contributed by atoms with Gasteiger partial charge in [-0.3, -0.25) is 9.48 Å². The fraction of sp³-hybridized carbons (Fsp3) is 0.316. The van der Waals surface area contributed by atoms with Crippen LogP contribution in [-0.2, 0) is 19.6 Å². The lowest BCUT2D eigenvalue weighted by Crippen LogP contribution is -2.39. The molecule has 1 amide bonds. The molecule has 1 aromatic carbocycles. The third kappa shape index (κ3) is 3.39. The number of benzene rings is 1. The number of hydrogen-bond donors (Lipinski definition) is 0. The molecular weight excluding hydrogens is 407 g/mol. The van der Waals surface area contributed by atoms with Crippen molar-refractivity contribution in [3.05, 3.63) is 64.1 Å². The van der Waals surface area contributed by atoms with Gasteiger partial charge in [0, 0.05) is 32.1 Å². The number of halogens is 4. The minimum Gasteiger partial charge on any atom is -0.330 e. The number of nitrogens with zero attached hydrogens (tertiary/aromatic N) is 5. The lowest BCUT2D eigenvalue weighted by Gasteiger charge is -2.33. The minimum atomic E-state index is -4.63. The van der Waals surface area contributed by atoms with Crippen LogP contribution in [-0.4, -0.2) is 36.9 Å². The normalized spacial score (nSPS) is 16.8. The summed E-state index contributed by atoms with van der Waals surface area (Å²) in [5.74, 6) is 0.0968. The Bertz CT molecular complexity index is 1090. The number of carbonyl (C=O) groups excluding carboxylic acids is 1. The Morgan fingerprint density at radius 2 is 2.00 bits per heavy atom. The Morgan fingerprint density at radius 3 is 2.66 bits per heavy atom. The summed E-state index contributed by atoms with van der Waals surface area (Å²) >= 11 is 5.94. The maximum atomic E-state index is 13.1. The second kappa shape index (κ2) is 6.91. The minimum absolute atomic E-state index is 0.166. The molecule has 152 valence electrons. The van der Waals surface area contributed by atoms with E-state index < -0.39 is 28.7 Å². The molecule has 3 heterocycles. The van der Waals surface area contributed by atoms with Crippen molar-refractivity contribution in [1.29, 1.82) is 0 Å². The molecule has 29 heavy (non-hydrogen) atoms. The molecule has 4 rings (SSSR count). The van der Waals surface area contributed by atoms with Gasteiger partial charge in [-0.05, 0) is 31.0 Å². The highest BCUT2D eigenvalue weighted by Crippen LogP contribution is 2.38. The lowest BCUT2D eigenvalue weighted by molar-refractivity contribution is -0.137. The standard InChI is InChI=1S/C19H17ClF3N5O/c1-11-17-12(10-28(25-17)15-7-8-26(2)24-15)6-9-27(11)18(29)13-4-3-5-14(16(13)20)19(21,22)23/h3-5,7-8,10-11H,6,9H2,1-2H3. The third-order valence-electron chi connectivity index (χ3n) is 5.04. The summed E-state index contributed by atoms with van der Waals surface area (Å²) in [5, 5.41) is 8.28. The summed E-state index contributed by atoms with van der Waals surface area (Å²) in [7, 11) is 1.80. The van der Waals surface area contributed by atoms with Gasteiger partial charge in [-0.25, -0.2) is 4.68 Å². The summed E-state index contributed by atoms with van der Waals surface area (Å²) in [6.07, 6.45) is -0.428. The van der Waals surface area contributed by atoms with Crippen LogP contribution in [0.4, 0.5) is 13.2 Å². The van der Waals surface area contributed by atoms with Crippen molar-refractivity contribution < 1.29 is 18.0 Å². The van der Waals surface area contributed by atoms with E-state index >= 15 is 0 Å². The molecule has 3 aromatic rings. The lowest BCUT2D eigenvalue weighted by atomic mass is 9.99. The summed E-state index contributed by atoms with van der Waals surface area (Å²) in [5.41, 5.74) is 0.483. The molecule has 0 spiro atoms. The number of aromatic nitrogens is 4. The largest absolute Gasteiger partial charge is 0.417 e. The van der Waals surface area contributed by atoms with Crippen LogP contribution < -0.4 is 0 Å². The van der Waals surface area contributed by atoms with Crippen LogP contribution in [0, 0.1) is 0 Å². The molecule has 0 radical (unpaired) electrons. The number of carbonyl (C=O) groups is 1. The van der Waals surface area contributed by atoms with Crippen molar-refractivity contribution in [1.82, 2.24) is 24.5 Å². The first-order valence-corrected chi connectivity index (χ1v) is 9.29. The fourth-order valence-electron chi connectivity index (χ4n) is 3.54. The average Bonchev–Trinajstić information content (AvgIpc) is 3.27. The monoisotopic (exact) mass is 423 g/mol. The Hall–Kier alpha value is -2.81. The quantitative estimate of drug-likeness (QED) is 0.625. The smallest absolute Gasteiger partial charge is 0.330 e. The number of aryl methyl sites for hydroxylation is 1. The van der Waals surface area contributed by atoms with Crippen molar-refractivity contribution in [3.8, 4) is 5.82 Å². The van der Waals surface area contributed by atoms with Crippen molar-refractivity contribution in [3.63, 3.8) is 0 Å². The van der Waals surface area contributed by atoms with Gasteiger partial charge in [0.05, 0.1) is 27.9 Å². The predicted octanol–water partition coefficient (Wildman–Crippen LogP) is 4.04. The first-order chi connectivity index (χ1) is 13.7. The number of amides is 1. The Labute approximate surface area is 169 Å². The van der Waals surface area contributed by atoms with E-state index in [2.05, 4.69) is 10.2 Å². The van der Waals surface area contributed by atoms with Gasteiger partial charge in [-0.1, -0.05) is 17.7 Å².